The largest absolute Gasteiger partial charge is 0.419 e. The van der Waals surface area contributed by atoms with Gasteiger partial charge in [-0.05, 0) is 37.6 Å². The molecule has 1 heterocycles. The summed E-state index contributed by atoms with van der Waals surface area (Å²) in [7, 11) is 3.76. The molecular weight excluding hydrogens is 244 g/mol. The van der Waals surface area contributed by atoms with E-state index in [0.29, 0.717) is 5.58 Å². The Morgan fingerprint density at radius 2 is 2.16 bits per heavy atom. The third-order valence-corrected chi connectivity index (χ3v) is 3.34. The predicted molar refractivity (Wildman–Crippen MR) is 74.4 cm³/mol. The van der Waals surface area contributed by atoms with Gasteiger partial charge in [0.15, 0.2) is 5.58 Å². The zero-order valence-electron chi connectivity index (χ0n) is 11.4. The van der Waals surface area contributed by atoms with Gasteiger partial charge in [-0.15, -0.1) is 0 Å². The molecule has 1 aromatic carbocycles. The number of hydrogen-bond acceptors (Lipinski definition) is 4. The minimum absolute atomic E-state index is 0.230. The Balaban J connectivity index is 2.05. The Bertz CT molecular complexity index is 600. The second-order valence-corrected chi connectivity index (χ2v) is 4.86. The molecule has 0 amide bonds. The molecule has 0 saturated heterocycles. The van der Waals surface area contributed by atoms with Gasteiger partial charge in [0.2, 0.25) is 0 Å². The fraction of sp³-hybridized carbons (Fsp3) is 0.500. The van der Waals surface area contributed by atoms with Crippen molar-refractivity contribution in [1.82, 2.24) is 9.47 Å². The molecule has 0 fully saturated rings. The summed E-state index contributed by atoms with van der Waals surface area (Å²) >= 11 is 0. The molecule has 104 valence electrons. The summed E-state index contributed by atoms with van der Waals surface area (Å²) < 4.78 is 6.62. The Hall–Kier alpha value is -1.59. The third-order valence-electron chi connectivity index (χ3n) is 3.34. The van der Waals surface area contributed by atoms with Gasteiger partial charge in [0.05, 0.1) is 5.52 Å². The van der Waals surface area contributed by atoms with Crippen LogP contribution >= 0.6 is 0 Å². The van der Waals surface area contributed by atoms with Crippen LogP contribution in [0.25, 0.3) is 11.1 Å². The lowest BCUT2D eigenvalue weighted by molar-refractivity contribution is 0.248. The lowest BCUT2D eigenvalue weighted by Crippen LogP contribution is -2.23. The van der Waals surface area contributed by atoms with Gasteiger partial charge in [0, 0.05) is 26.7 Å². The summed E-state index contributed by atoms with van der Waals surface area (Å²) in [6.07, 6.45) is 1.71. The van der Waals surface area contributed by atoms with Gasteiger partial charge >= 0.3 is 5.76 Å². The van der Waals surface area contributed by atoms with Crippen LogP contribution in [-0.2, 0) is 13.5 Å². The number of nitrogens with zero attached hydrogens (tertiary/aromatic N) is 2. The fourth-order valence-corrected chi connectivity index (χ4v) is 2.10. The smallest absolute Gasteiger partial charge is 0.408 e. The average molecular weight is 264 g/mol. The van der Waals surface area contributed by atoms with Crippen LogP contribution in [0.1, 0.15) is 12.0 Å². The highest BCUT2D eigenvalue weighted by molar-refractivity contribution is 5.73. The minimum Gasteiger partial charge on any atom is -0.408 e. The number of rotatable bonds is 6. The van der Waals surface area contributed by atoms with E-state index in [1.165, 1.54) is 10.1 Å². The van der Waals surface area contributed by atoms with Crippen LogP contribution in [0.15, 0.2) is 27.4 Å². The Morgan fingerprint density at radius 1 is 1.37 bits per heavy atom. The van der Waals surface area contributed by atoms with Gasteiger partial charge in [-0.3, -0.25) is 4.57 Å². The number of aromatic nitrogens is 1. The summed E-state index contributed by atoms with van der Waals surface area (Å²) in [5.41, 5.74) is 2.64. The van der Waals surface area contributed by atoms with E-state index >= 15 is 0 Å². The van der Waals surface area contributed by atoms with Crippen molar-refractivity contribution in [3.05, 3.63) is 34.3 Å². The second-order valence-electron chi connectivity index (χ2n) is 4.86. The third kappa shape index (κ3) is 3.24. The lowest BCUT2D eigenvalue weighted by atomic mass is 10.1. The molecule has 5 nitrogen and oxygen atoms in total. The highest BCUT2D eigenvalue weighted by atomic mass is 16.4. The van der Waals surface area contributed by atoms with E-state index in [2.05, 4.69) is 4.90 Å². The van der Waals surface area contributed by atoms with Crippen LogP contribution in [0.2, 0.25) is 0 Å². The van der Waals surface area contributed by atoms with Gasteiger partial charge in [-0.2, -0.15) is 0 Å². The summed E-state index contributed by atoms with van der Waals surface area (Å²) in [5.74, 6) is -0.327. The molecule has 2 aromatic rings. The van der Waals surface area contributed by atoms with Crippen molar-refractivity contribution in [1.29, 1.82) is 0 Å². The Labute approximate surface area is 112 Å². The molecule has 0 radical (unpaired) electrons. The second kappa shape index (κ2) is 6.04. The Morgan fingerprint density at radius 3 is 2.89 bits per heavy atom. The van der Waals surface area contributed by atoms with Gasteiger partial charge < -0.3 is 14.4 Å². The van der Waals surface area contributed by atoms with E-state index < -0.39 is 0 Å². The number of aliphatic hydroxyl groups excluding tert-OH is 1. The molecule has 19 heavy (non-hydrogen) atoms. The highest BCUT2D eigenvalue weighted by Crippen LogP contribution is 2.14. The molecule has 1 N–H and O–H groups in total. The quantitative estimate of drug-likeness (QED) is 0.845. The first kappa shape index (κ1) is 13.8. The Kier molecular flexibility index (Phi) is 4.39. The molecule has 0 spiro atoms. The maximum absolute atomic E-state index is 11.4. The van der Waals surface area contributed by atoms with Crippen molar-refractivity contribution in [2.75, 3.05) is 26.7 Å². The normalized spacial score (nSPS) is 11.6. The van der Waals surface area contributed by atoms with Crippen molar-refractivity contribution in [2.45, 2.75) is 12.8 Å². The number of aryl methyl sites for hydroxylation is 1. The van der Waals surface area contributed by atoms with Gasteiger partial charge in [-0.1, -0.05) is 6.07 Å². The number of hydrogen-bond donors (Lipinski definition) is 1. The number of fused-ring (bicyclic) bond motifs is 1. The van der Waals surface area contributed by atoms with Crippen molar-refractivity contribution in [3.63, 3.8) is 0 Å². The number of aliphatic hydroxyl groups is 1. The number of oxazole rings is 1. The van der Waals surface area contributed by atoms with Crippen LogP contribution in [0.4, 0.5) is 0 Å². The van der Waals surface area contributed by atoms with E-state index in [-0.39, 0.29) is 12.4 Å². The molecule has 0 bridgehead atoms. The van der Waals surface area contributed by atoms with E-state index in [4.69, 9.17) is 9.52 Å². The molecule has 1 aromatic heterocycles. The van der Waals surface area contributed by atoms with E-state index in [0.717, 1.165) is 31.4 Å². The lowest BCUT2D eigenvalue weighted by Gasteiger charge is -2.15. The summed E-state index contributed by atoms with van der Waals surface area (Å²) in [6, 6.07) is 5.84. The molecule has 2 rings (SSSR count). The first-order chi connectivity index (χ1) is 9.11. The maximum Gasteiger partial charge on any atom is 0.419 e. The van der Waals surface area contributed by atoms with E-state index in [1.807, 2.05) is 25.2 Å². The maximum atomic E-state index is 11.4. The summed E-state index contributed by atoms with van der Waals surface area (Å²) in [5, 5.41) is 8.78. The van der Waals surface area contributed by atoms with E-state index in [1.54, 1.807) is 7.05 Å². The fourth-order valence-electron chi connectivity index (χ4n) is 2.10. The molecule has 5 heteroatoms. The van der Waals surface area contributed by atoms with Crippen molar-refractivity contribution < 1.29 is 9.52 Å². The molecule has 0 saturated carbocycles. The van der Waals surface area contributed by atoms with Crippen LogP contribution in [-0.4, -0.2) is 41.3 Å². The van der Waals surface area contributed by atoms with Gasteiger partial charge in [0.1, 0.15) is 0 Å². The molecule has 0 unspecified atom stereocenters. The standard InChI is InChI=1S/C14H20N2O3/c1-15(7-3-9-17)8-6-11-4-5-13-12(10-11)16(2)14(18)19-13/h4-5,10,17H,3,6-9H2,1-2H3. The number of likely N-dealkylation sites (N-methyl/N-ethyl adjacent to an activating group) is 1. The van der Waals surface area contributed by atoms with Gasteiger partial charge in [-0.25, -0.2) is 4.79 Å². The summed E-state index contributed by atoms with van der Waals surface area (Å²) in [4.78, 5) is 13.6. The van der Waals surface area contributed by atoms with Crippen molar-refractivity contribution in [3.8, 4) is 0 Å². The average Bonchev–Trinajstić information content (AvgIpc) is 2.69. The van der Waals surface area contributed by atoms with Crippen molar-refractivity contribution in [2.24, 2.45) is 7.05 Å². The number of benzene rings is 1. The molecule has 0 aliphatic carbocycles. The topological polar surface area (TPSA) is 58.6 Å². The van der Waals surface area contributed by atoms with Crippen molar-refractivity contribution >= 4 is 11.1 Å². The molecular formula is C14H20N2O3. The molecule has 0 aliphatic heterocycles. The zero-order chi connectivity index (χ0) is 13.8. The van der Waals surface area contributed by atoms with Crippen LogP contribution in [0.5, 0.6) is 0 Å². The van der Waals surface area contributed by atoms with Crippen LogP contribution in [0.3, 0.4) is 0 Å². The predicted octanol–water partition coefficient (Wildman–Crippen LogP) is 0.988. The first-order valence-corrected chi connectivity index (χ1v) is 6.49. The van der Waals surface area contributed by atoms with Crippen LogP contribution < -0.4 is 5.76 Å². The summed E-state index contributed by atoms with van der Waals surface area (Å²) in [6.45, 7) is 2.05. The molecule has 0 aliphatic rings. The highest BCUT2D eigenvalue weighted by Gasteiger charge is 2.07. The van der Waals surface area contributed by atoms with Crippen LogP contribution in [0, 0.1) is 0 Å². The zero-order valence-corrected chi connectivity index (χ0v) is 11.4. The van der Waals surface area contributed by atoms with E-state index in [9.17, 15) is 4.79 Å². The monoisotopic (exact) mass is 264 g/mol. The molecule has 0 atom stereocenters. The first-order valence-electron chi connectivity index (χ1n) is 6.49. The SMILES string of the molecule is CN(CCCO)CCc1ccc2oc(=O)n(C)c2c1. The minimum atomic E-state index is -0.327. The van der Waals surface area contributed by atoms with Gasteiger partial charge in [0.25, 0.3) is 0 Å².